The topological polar surface area (TPSA) is 176 Å². The lowest BCUT2D eigenvalue weighted by Crippen LogP contribution is -2.41. The van der Waals surface area contributed by atoms with Gasteiger partial charge in [-0.1, -0.05) is 75.5 Å². The van der Waals surface area contributed by atoms with Crippen LogP contribution in [-0.4, -0.2) is 75.5 Å². The summed E-state index contributed by atoms with van der Waals surface area (Å²) in [6, 6.07) is 24.9. The van der Waals surface area contributed by atoms with Crippen LogP contribution in [0.1, 0.15) is 65.2 Å². The van der Waals surface area contributed by atoms with Crippen molar-refractivity contribution in [2.24, 2.45) is 0 Å². The van der Waals surface area contributed by atoms with E-state index in [1.165, 1.54) is 22.7 Å². The molecule has 1 aliphatic heterocycles. The maximum atomic E-state index is 15.5. The highest BCUT2D eigenvalue weighted by molar-refractivity contribution is 9.08. The van der Waals surface area contributed by atoms with Crippen molar-refractivity contribution in [1.82, 2.24) is 19.9 Å². The van der Waals surface area contributed by atoms with Crippen LogP contribution in [0.4, 0.5) is 30.0 Å². The Morgan fingerprint density at radius 3 is 1.58 bits per heavy atom. The molecule has 22 heteroatoms. The smallest absolute Gasteiger partial charge is 0.450 e. The van der Waals surface area contributed by atoms with Crippen molar-refractivity contribution in [3.05, 3.63) is 147 Å². The normalized spacial score (nSPS) is 13.2. The summed E-state index contributed by atoms with van der Waals surface area (Å²) >= 11 is 18.4. The molecule has 8 aromatic rings. The zero-order valence-corrected chi connectivity index (χ0v) is 46.0. The van der Waals surface area contributed by atoms with Gasteiger partial charge in [-0.05, 0) is 119 Å². The van der Waals surface area contributed by atoms with Gasteiger partial charge in [-0.3, -0.25) is 15.9 Å². The van der Waals surface area contributed by atoms with Crippen molar-refractivity contribution < 1.29 is 47.3 Å². The Labute approximate surface area is 454 Å². The highest BCUT2D eigenvalue weighted by Gasteiger charge is 2.51. The minimum absolute atomic E-state index is 0.238. The number of rotatable bonds is 11. The van der Waals surface area contributed by atoms with E-state index >= 15 is 4.39 Å². The average molecular weight is 1150 g/mol. The molecule has 0 atom stereocenters. The number of nitrogens with zero attached hydrogens (tertiary/aromatic N) is 4. The first-order chi connectivity index (χ1) is 35.4. The third kappa shape index (κ3) is 14.8. The molecular weight excluding hydrogens is 1100 g/mol. The summed E-state index contributed by atoms with van der Waals surface area (Å²) in [6.07, 6.45) is 2.50. The lowest BCUT2D eigenvalue weighted by Gasteiger charge is -2.32. The predicted octanol–water partition coefficient (Wildman–Crippen LogP) is 14.4. The second kappa shape index (κ2) is 26.7. The summed E-state index contributed by atoms with van der Waals surface area (Å²) in [7, 11) is -0.459. The van der Waals surface area contributed by atoms with Gasteiger partial charge in [0.25, 0.3) is 0 Å². The number of alkyl halides is 1. The molecule has 74 heavy (non-hydrogen) atoms. The number of nitrogens with one attached hydrogen (secondary N) is 2. The Bertz CT molecular complexity index is 3160. The van der Waals surface area contributed by atoms with Gasteiger partial charge < -0.3 is 18.8 Å². The van der Waals surface area contributed by atoms with Gasteiger partial charge in [0.2, 0.25) is 0 Å². The largest absolute Gasteiger partial charge is 0.496 e. The first-order valence-corrected chi connectivity index (χ1v) is 26.6. The summed E-state index contributed by atoms with van der Waals surface area (Å²) in [4.78, 5) is 43.4. The molecular formula is C52H52BBrCl2F2N6O8S2. The van der Waals surface area contributed by atoms with Crippen LogP contribution in [-0.2, 0) is 35.4 Å². The van der Waals surface area contributed by atoms with Gasteiger partial charge in [0.1, 0.15) is 23.3 Å². The van der Waals surface area contributed by atoms with Crippen molar-refractivity contribution in [2.75, 3.05) is 30.5 Å². The summed E-state index contributed by atoms with van der Waals surface area (Å²) in [5.41, 5.74) is 9.16. The van der Waals surface area contributed by atoms with Gasteiger partial charge in [0.15, 0.2) is 0 Å². The van der Waals surface area contributed by atoms with Crippen LogP contribution in [0.2, 0.25) is 10.0 Å². The fourth-order valence-corrected chi connectivity index (χ4v) is 9.35. The monoisotopic (exact) mass is 1150 g/mol. The number of benzene rings is 4. The van der Waals surface area contributed by atoms with Crippen LogP contribution in [0.5, 0.6) is 0 Å². The number of fused-ring (bicyclic) bond motifs is 2. The van der Waals surface area contributed by atoms with E-state index in [9.17, 15) is 14.0 Å². The molecule has 5 heterocycles. The van der Waals surface area contributed by atoms with Crippen molar-refractivity contribution >= 4 is 119 Å². The number of amides is 2. The van der Waals surface area contributed by atoms with Gasteiger partial charge in [0, 0.05) is 56.3 Å². The molecule has 0 spiro atoms. The van der Waals surface area contributed by atoms with E-state index in [0.717, 1.165) is 26.0 Å². The van der Waals surface area contributed by atoms with E-state index < -0.39 is 19.3 Å². The quantitative estimate of drug-likeness (QED) is 0.0484. The molecule has 2 amide bonds. The van der Waals surface area contributed by atoms with E-state index in [4.69, 9.17) is 47.2 Å². The molecule has 4 aromatic carbocycles. The number of ether oxygens (including phenoxy) is 2. The minimum atomic E-state index is -0.564. The standard InChI is InChI=1S/C22H17ClFN3O2S.C14H21BN2O4.C14H8BrClFNS.C2H6O2/c1-2-29-22(28)27-18-7-6-13(11-25-18)8-15-10-17-21(26-12-30-17)19(20(15)24)14-4-3-5-16(23)9-14;1-6-19-12(18)17-11-8-7-10(9-16-11)15-20-13(2,3)14(4,5)21-15;15-6-9-5-11-14(18-7-19-11)12(13(9)17)8-2-1-3-10(16)4-8;1-2-4-3/h3-7,9-12H,2,8H2,1H3,(H,25,27,28);7-9H,6H2,1-5H3,(H,16,17,18);1-5,7H,6H2;3H,2H2,1H3. The molecule has 0 saturated carbocycles. The first kappa shape index (κ1) is 57.6. The number of carbonyl (C=O) groups excluding carboxylic acids is 2. The number of thiazole rings is 2. The van der Waals surface area contributed by atoms with Crippen molar-refractivity contribution in [3.8, 4) is 22.3 Å². The van der Waals surface area contributed by atoms with Crippen LogP contribution < -0.4 is 16.1 Å². The molecule has 0 aliphatic carbocycles. The Morgan fingerprint density at radius 1 is 0.689 bits per heavy atom. The van der Waals surface area contributed by atoms with Crippen LogP contribution in [0, 0.1) is 11.6 Å². The van der Waals surface area contributed by atoms with Crippen LogP contribution in [0.3, 0.4) is 0 Å². The summed E-state index contributed by atoms with van der Waals surface area (Å²) < 4.78 is 53.5. The second-order valence-corrected chi connectivity index (χ2v) is 20.1. The Balaban J connectivity index is 0.000000179. The van der Waals surface area contributed by atoms with Crippen LogP contribution in [0.15, 0.2) is 108 Å². The highest BCUT2D eigenvalue weighted by Crippen LogP contribution is 2.39. The molecule has 0 unspecified atom stereocenters. The van der Waals surface area contributed by atoms with Crippen LogP contribution in [0.25, 0.3) is 42.7 Å². The molecule has 0 bridgehead atoms. The van der Waals surface area contributed by atoms with Gasteiger partial charge in [0.05, 0.1) is 62.5 Å². The number of hydrogen-bond acceptors (Lipinski definition) is 14. The fourth-order valence-electron chi connectivity index (χ4n) is 7.07. The minimum Gasteiger partial charge on any atom is -0.450 e. The Hall–Kier alpha value is -5.68. The zero-order valence-electron chi connectivity index (χ0n) is 41.3. The number of anilines is 2. The van der Waals surface area contributed by atoms with Crippen LogP contribution >= 0.6 is 61.8 Å². The summed E-state index contributed by atoms with van der Waals surface area (Å²) in [5, 5.41) is 14.0. The number of pyridine rings is 2. The summed E-state index contributed by atoms with van der Waals surface area (Å²) in [5.74, 6) is 0.228. The fraction of sp³-hybridized carbons (Fsp3) is 0.269. The molecule has 1 fully saturated rings. The molecule has 1 aliphatic rings. The maximum absolute atomic E-state index is 15.5. The molecule has 3 N–H and O–H groups in total. The Kier molecular flexibility index (Phi) is 20.8. The number of halogens is 5. The number of hydrogen-bond donors (Lipinski definition) is 3. The van der Waals surface area contributed by atoms with E-state index in [0.29, 0.717) is 85.5 Å². The van der Waals surface area contributed by atoms with Gasteiger partial charge in [-0.15, -0.1) is 22.7 Å². The van der Waals surface area contributed by atoms with E-state index in [2.05, 4.69) is 51.4 Å². The lowest BCUT2D eigenvalue weighted by atomic mass is 9.80. The SMILES string of the molecule is CCOC(=O)Nc1ccc(B2OC(C)(C)C(C)(C)O2)cn1.CCOC(=O)Nc1ccc(Cc2cc3scnc3c(-c3cccc(Cl)c3)c2F)cn1.CCOO.Fc1c(CBr)cc2scnc2c1-c1cccc(Cl)c1. The number of aromatic nitrogens is 4. The summed E-state index contributed by atoms with van der Waals surface area (Å²) in [6.45, 7) is 14.1. The molecule has 9 rings (SSSR count). The maximum Gasteiger partial charge on any atom is 0.496 e. The third-order valence-corrected chi connectivity index (χ3v) is 13.9. The molecule has 14 nitrogen and oxygen atoms in total. The zero-order chi connectivity index (χ0) is 53.6. The van der Waals surface area contributed by atoms with Crippen molar-refractivity contribution in [3.63, 3.8) is 0 Å². The third-order valence-electron chi connectivity index (χ3n) is 11.3. The molecule has 0 radical (unpaired) electrons. The lowest BCUT2D eigenvalue weighted by molar-refractivity contribution is -0.237. The van der Waals surface area contributed by atoms with E-state index in [1.807, 2.05) is 64.1 Å². The molecule has 388 valence electrons. The second-order valence-electron chi connectivity index (χ2n) is 16.9. The Morgan fingerprint density at radius 2 is 1.16 bits per heavy atom. The molecule has 1 saturated heterocycles. The van der Waals surface area contributed by atoms with Gasteiger partial charge in [-0.25, -0.2) is 43.2 Å². The van der Waals surface area contributed by atoms with Gasteiger partial charge in [-0.2, -0.15) is 0 Å². The average Bonchev–Trinajstić information content (AvgIpc) is 4.09. The predicted molar refractivity (Wildman–Crippen MR) is 295 cm³/mol. The van der Waals surface area contributed by atoms with Gasteiger partial charge >= 0.3 is 19.3 Å². The van der Waals surface area contributed by atoms with E-state index in [-0.39, 0.29) is 29.4 Å². The van der Waals surface area contributed by atoms with E-state index in [1.54, 1.807) is 92.7 Å². The van der Waals surface area contributed by atoms with Crippen molar-refractivity contribution in [2.45, 2.75) is 71.4 Å². The first-order valence-electron chi connectivity index (χ1n) is 23.0. The number of carbonyl (C=O) groups is 2. The molecule has 4 aromatic heterocycles. The highest BCUT2D eigenvalue weighted by atomic mass is 79.9. The van der Waals surface area contributed by atoms with Crippen molar-refractivity contribution in [1.29, 1.82) is 0 Å².